The van der Waals surface area contributed by atoms with E-state index in [2.05, 4.69) is 129 Å². The molecular weight excluding hydrogens is 503 g/mol. The maximum absolute atomic E-state index is 2.57. The van der Waals surface area contributed by atoms with Gasteiger partial charge in [-0.1, -0.05) is 116 Å². The normalized spacial score (nSPS) is 22.6. The van der Waals surface area contributed by atoms with E-state index in [0.717, 1.165) is 0 Å². The van der Waals surface area contributed by atoms with Crippen LogP contribution in [0.1, 0.15) is 23.6 Å². The minimum Gasteiger partial charge on any atom is -1.00 e. The third kappa shape index (κ3) is 5.21. The summed E-state index contributed by atoms with van der Waals surface area (Å²) in [6.45, 7) is 2.41. The summed E-state index contributed by atoms with van der Waals surface area (Å²) in [6, 6.07) is 33.4. The van der Waals surface area contributed by atoms with Gasteiger partial charge in [0.05, 0.1) is 0 Å². The molecule has 0 heterocycles. The summed E-state index contributed by atoms with van der Waals surface area (Å²) < 4.78 is 0. The van der Waals surface area contributed by atoms with E-state index in [-0.39, 0.29) is 64.4 Å². The Balaban J connectivity index is 0.00000136. The summed E-state index contributed by atoms with van der Waals surface area (Å²) in [5, 5.41) is 0. The summed E-state index contributed by atoms with van der Waals surface area (Å²) in [7, 11) is 0. The van der Waals surface area contributed by atoms with E-state index in [4.69, 9.17) is 0 Å². The fourth-order valence-electron chi connectivity index (χ4n) is 5.88. The van der Waals surface area contributed by atoms with Crippen molar-refractivity contribution in [1.29, 1.82) is 0 Å². The second-order valence-corrected chi connectivity index (χ2v) is 8.41. The molecule has 0 aliphatic heterocycles. The van der Waals surface area contributed by atoms with Crippen LogP contribution in [-0.4, -0.2) is 0 Å². The quantitative estimate of drug-likeness (QED) is 0.206. The number of hydrogen-bond donors (Lipinski definition) is 0. The molecule has 0 radical (unpaired) electrons. The maximum Gasteiger partial charge on any atom is 4.00 e. The SMILES string of the molecule is CC1[CH-]C2C=CC=CC2C1C(c1ccccc1)(c1ccccc1)c1ccccc1.[Cl-].[Cl-].[Cl-].[Ti+4]. The fourth-order valence-corrected chi connectivity index (χ4v) is 5.88. The fraction of sp³-hybridized carbons (Fsp3) is 0.207. The van der Waals surface area contributed by atoms with E-state index in [1.165, 1.54) is 16.7 Å². The molecule has 0 aromatic heterocycles. The molecule has 0 saturated heterocycles. The van der Waals surface area contributed by atoms with Crippen molar-refractivity contribution >= 4 is 0 Å². The smallest absolute Gasteiger partial charge is 1.00 e. The topological polar surface area (TPSA) is 0 Å². The van der Waals surface area contributed by atoms with Crippen molar-refractivity contribution in [2.24, 2.45) is 23.7 Å². The minimum absolute atomic E-state index is 0. The Morgan fingerprint density at radius 3 is 1.42 bits per heavy atom. The molecule has 0 N–H and O–H groups in total. The van der Waals surface area contributed by atoms with Gasteiger partial charge in [-0.05, 0) is 28.5 Å². The van der Waals surface area contributed by atoms with E-state index in [0.29, 0.717) is 23.7 Å². The summed E-state index contributed by atoms with van der Waals surface area (Å²) >= 11 is 0. The number of benzene rings is 3. The molecule has 1 fully saturated rings. The third-order valence-corrected chi connectivity index (χ3v) is 6.92. The van der Waals surface area contributed by atoms with Crippen LogP contribution >= 0.6 is 0 Å². The standard InChI is InChI=1S/C29H27.3ClH.Ti/c1-22-21-23-13-11-12-20-27(23)28(22)29(24-14-5-2-6-15-24,25-16-7-3-8-17-25)26-18-9-4-10-19-26;;;;/h2-23,27-28H,1H3;3*1H;/q-1;;;;+4/p-3. The first-order valence-electron chi connectivity index (χ1n) is 10.7. The van der Waals surface area contributed by atoms with Crippen LogP contribution < -0.4 is 37.2 Å². The Labute approximate surface area is 232 Å². The first kappa shape index (κ1) is 29.8. The number of rotatable bonds is 4. The number of halogens is 3. The Bertz CT molecular complexity index is 922. The monoisotopic (exact) mass is 528 g/mol. The van der Waals surface area contributed by atoms with E-state index < -0.39 is 0 Å². The van der Waals surface area contributed by atoms with E-state index >= 15 is 0 Å². The van der Waals surface area contributed by atoms with Crippen LogP contribution in [-0.2, 0) is 27.1 Å². The van der Waals surface area contributed by atoms with Gasteiger partial charge in [-0.15, -0.1) is 12.0 Å². The van der Waals surface area contributed by atoms with Crippen LogP contribution in [0.5, 0.6) is 0 Å². The van der Waals surface area contributed by atoms with Crippen LogP contribution in [0.4, 0.5) is 0 Å². The summed E-state index contributed by atoms with van der Waals surface area (Å²) in [5.74, 6) is 1.95. The Morgan fingerprint density at radius 1 is 0.606 bits per heavy atom. The van der Waals surface area contributed by atoms with Gasteiger partial charge in [-0.2, -0.15) is 5.92 Å². The molecule has 33 heavy (non-hydrogen) atoms. The zero-order chi connectivity index (χ0) is 19.7. The van der Waals surface area contributed by atoms with Crippen molar-refractivity contribution in [2.45, 2.75) is 12.3 Å². The van der Waals surface area contributed by atoms with Crippen molar-refractivity contribution in [1.82, 2.24) is 0 Å². The zero-order valence-corrected chi connectivity index (χ0v) is 22.3. The number of hydrogen-bond acceptors (Lipinski definition) is 0. The second-order valence-electron chi connectivity index (χ2n) is 8.41. The van der Waals surface area contributed by atoms with Gasteiger partial charge >= 0.3 is 21.7 Å². The average molecular weight is 530 g/mol. The molecule has 4 atom stereocenters. The average Bonchev–Trinajstić information content (AvgIpc) is 3.13. The molecule has 0 spiro atoms. The molecule has 1 saturated carbocycles. The summed E-state index contributed by atoms with van der Waals surface area (Å²) in [5.41, 5.74) is 3.94. The molecule has 3 aromatic rings. The molecule has 4 unspecified atom stereocenters. The first-order valence-corrected chi connectivity index (χ1v) is 10.7. The molecule has 3 aromatic carbocycles. The van der Waals surface area contributed by atoms with Gasteiger partial charge in [0.15, 0.2) is 0 Å². The predicted molar refractivity (Wildman–Crippen MR) is 121 cm³/mol. The molecular formula is C29H27Cl3Ti. The van der Waals surface area contributed by atoms with Gasteiger partial charge in [0.1, 0.15) is 0 Å². The van der Waals surface area contributed by atoms with Crippen LogP contribution in [0.2, 0.25) is 0 Å². The number of allylic oxidation sites excluding steroid dienone is 4. The van der Waals surface area contributed by atoms with Crippen molar-refractivity contribution in [3.63, 3.8) is 0 Å². The van der Waals surface area contributed by atoms with Gasteiger partial charge in [0, 0.05) is 5.41 Å². The van der Waals surface area contributed by atoms with Crippen LogP contribution in [0, 0.1) is 30.1 Å². The van der Waals surface area contributed by atoms with Gasteiger partial charge in [-0.25, -0.2) is 0 Å². The van der Waals surface area contributed by atoms with Crippen molar-refractivity contribution in [2.75, 3.05) is 0 Å². The molecule has 0 amide bonds. The van der Waals surface area contributed by atoms with Crippen LogP contribution in [0.25, 0.3) is 0 Å². The van der Waals surface area contributed by atoms with Crippen molar-refractivity contribution in [3.05, 3.63) is 138 Å². The van der Waals surface area contributed by atoms with Gasteiger partial charge in [-0.3, -0.25) is 0 Å². The molecule has 0 nitrogen and oxygen atoms in total. The van der Waals surface area contributed by atoms with Crippen LogP contribution in [0.3, 0.4) is 0 Å². The second kappa shape index (κ2) is 13.0. The van der Waals surface area contributed by atoms with Gasteiger partial charge in [0.25, 0.3) is 0 Å². The molecule has 5 rings (SSSR count). The molecule has 2 aliphatic carbocycles. The summed E-state index contributed by atoms with van der Waals surface area (Å²) in [4.78, 5) is 0. The Morgan fingerprint density at radius 2 is 1.00 bits per heavy atom. The predicted octanol–water partition coefficient (Wildman–Crippen LogP) is -2.14. The van der Waals surface area contributed by atoms with Crippen molar-refractivity contribution < 1.29 is 58.9 Å². The molecule has 0 bridgehead atoms. The van der Waals surface area contributed by atoms with Crippen molar-refractivity contribution in [3.8, 4) is 0 Å². The molecule has 168 valence electrons. The largest absolute Gasteiger partial charge is 4.00 e. The number of fused-ring (bicyclic) bond motifs is 1. The van der Waals surface area contributed by atoms with E-state index in [1.54, 1.807) is 0 Å². The molecule has 4 heteroatoms. The van der Waals surface area contributed by atoms with Gasteiger partial charge in [0.2, 0.25) is 0 Å². The Kier molecular flexibility index (Phi) is 11.7. The van der Waals surface area contributed by atoms with Gasteiger partial charge < -0.3 is 43.6 Å². The minimum atomic E-state index is -0.200. The van der Waals surface area contributed by atoms with Crippen LogP contribution in [0.15, 0.2) is 115 Å². The van der Waals surface area contributed by atoms with E-state index in [1.807, 2.05) is 0 Å². The summed E-state index contributed by atoms with van der Waals surface area (Å²) in [6.07, 6.45) is 11.8. The zero-order valence-electron chi connectivity index (χ0n) is 18.5. The Hall–Kier alpha value is -1.28. The molecule has 2 aliphatic rings. The third-order valence-electron chi connectivity index (χ3n) is 6.92. The van der Waals surface area contributed by atoms with E-state index in [9.17, 15) is 0 Å². The maximum atomic E-state index is 2.57. The first-order chi connectivity index (χ1) is 14.3.